The van der Waals surface area contributed by atoms with E-state index in [0.29, 0.717) is 18.4 Å². The predicted molar refractivity (Wildman–Crippen MR) is 131 cm³/mol. The molecule has 2 aromatic carbocycles. The molecule has 4 N–H and O–H groups in total. The lowest BCUT2D eigenvalue weighted by molar-refractivity contribution is -0.128. The number of hydrogen-bond acceptors (Lipinski definition) is 5. The normalized spacial score (nSPS) is 10.8. The van der Waals surface area contributed by atoms with Crippen molar-refractivity contribution >= 4 is 35.4 Å². The third-order valence-electron chi connectivity index (χ3n) is 4.75. The number of aldehydes is 1. The van der Waals surface area contributed by atoms with Gasteiger partial charge in [0.05, 0.1) is 13.1 Å². The summed E-state index contributed by atoms with van der Waals surface area (Å²) >= 11 is 0. The maximum atomic E-state index is 12.0. The van der Waals surface area contributed by atoms with Crippen LogP contribution in [0.1, 0.15) is 26.7 Å². The Balaban J connectivity index is 0.000000568. The summed E-state index contributed by atoms with van der Waals surface area (Å²) in [6, 6.07) is 19.0. The second-order valence-electron chi connectivity index (χ2n) is 7.61. The van der Waals surface area contributed by atoms with Gasteiger partial charge in [-0.25, -0.2) is 0 Å². The molecule has 0 fully saturated rings. The van der Waals surface area contributed by atoms with E-state index >= 15 is 0 Å². The average Bonchev–Trinajstić information content (AvgIpc) is 2.83. The lowest BCUT2D eigenvalue weighted by atomic mass is 9.90. The van der Waals surface area contributed by atoms with Crippen LogP contribution in [0.2, 0.25) is 0 Å². The molecule has 1 unspecified atom stereocenters. The molecule has 0 saturated carbocycles. The molecule has 178 valence electrons. The second kappa shape index (κ2) is 16.0. The summed E-state index contributed by atoms with van der Waals surface area (Å²) in [6.07, 6.45) is 1.11. The van der Waals surface area contributed by atoms with E-state index in [1.165, 1.54) is 0 Å². The first-order valence-corrected chi connectivity index (χ1v) is 10.9. The summed E-state index contributed by atoms with van der Waals surface area (Å²) in [5.41, 5.74) is 1.82. The summed E-state index contributed by atoms with van der Waals surface area (Å²) in [5.74, 6) is -1.16. The molecule has 2 aromatic rings. The molecule has 0 aromatic heterocycles. The number of para-hydroxylation sites is 2. The lowest BCUT2D eigenvalue weighted by Gasteiger charge is -2.19. The van der Waals surface area contributed by atoms with Crippen molar-refractivity contribution in [2.75, 3.05) is 30.8 Å². The molecule has 8 heteroatoms. The van der Waals surface area contributed by atoms with Crippen molar-refractivity contribution in [3.63, 3.8) is 0 Å². The zero-order valence-corrected chi connectivity index (χ0v) is 19.5. The minimum absolute atomic E-state index is 0.0338. The Labute approximate surface area is 195 Å². The van der Waals surface area contributed by atoms with Gasteiger partial charge in [0.1, 0.15) is 6.29 Å². The topological polar surface area (TPSA) is 116 Å². The number of carbonyl (C=O) groups is 4. The van der Waals surface area contributed by atoms with Crippen LogP contribution in [0.25, 0.3) is 0 Å². The van der Waals surface area contributed by atoms with Crippen molar-refractivity contribution in [1.82, 2.24) is 10.6 Å². The molecule has 0 heterocycles. The van der Waals surface area contributed by atoms with E-state index in [9.17, 15) is 19.2 Å². The number of amides is 3. The molecule has 0 radical (unpaired) electrons. The average molecular weight is 455 g/mol. The SMILES string of the molecule is CC(C)C(CCC(=O)NCC(=O)Nc1ccccc1)C(=O)NCC=O.CNc1ccccc1. The van der Waals surface area contributed by atoms with E-state index in [-0.39, 0.29) is 49.1 Å². The van der Waals surface area contributed by atoms with Crippen molar-refractivity contribution in [3.8, 4) is 0 Å². The molecular formula is C25H34N4O4. The van der Waals surface area contributed by atoms with Gasteiger partial charge in [-0.15, -0.1) is 0 Å². The molecule has 0 bridgehead atoms. The Hall–Kier alpha value is -3.68. The zero-order valence-electron chi connectivity index (χ0n) is 19.5. The van der Waals surface area contributed by atoms with Crippen molar-refractivity contribution in [3.05, 3.63) is 60.7 Å². The van der Waals surface area contributed by atoms with Gasteiger partial charge in [0.15, 0.2) is 0 Å². The Bertz CT molecular complexity index is 857. The van der Waals surface area contributed by atoms with E-state index in [1.54, 1.807) is 24.3 Å². The van der Waals surface area contributed by atoms with E-state index in [1.807, 2.05) is 57.3 Å². The number of hydrogen-bond donors (Lipinski definition) is 4. The van der Waals surface area contributed by atoms with Crippen LogP contribution < -0.4 is 21.3 Å². The summed E-state index contributed by atoms with van der Waals surface area (Å²) < 4.78 is 0. The molecule has 8 nitrogen and oxygen atoms in total. The van der Waals surface area contributed by atoms with Crippen LogP contribution in [0.4, 0.5) is 11.4 Å². The molecule has 0 saturated heterocycles. The van der Waals surface area contributed by atoms with Gasteiger partial charge in [-0.1, -0.05) is 50.2 Å². The lowest BCUT2D eigenvalue weighted by Crippen LogP contribution is -2.36. The van der Waals surface area contributed by atoms with Gasteiger partial charge in [0.2, 0.25) is 17.7 Å². The van der Waals surface area contributed by atoms with Crippen LogP contribution in [0.15, 0.2) is 60.7 Å². The number of anilines is 2. The molecule has 0 aliphatic carbocycles. The molecule has 33 heavy (non-hydrogen) atoms. The quantitative estimate of drug-likeness (QED) is 0.390. The highest BCUT2D eigenvalue weighted by Crippen LogP contribution is 2.17. The van der Waals surface area contributed by atoms with Crippen molar-refractivity contribution in [2.24, 2.45) is 11.8 Å². The summed E-state index contributed by atoms with van der Waals surface area (Å²) in [7, 11) is 1.91. The maximum absolute atomic E-state index is 12.0. The van der Waals surface area contributed by atoms with Gasteiger partial charge in [-0.05, 0) is 36.6 Å². The Morgan fingerprint density at radius 1 is 0.848 bits per heavy atom. The third-order valence-corrected chi connectivity index (χ3v) is 4.75. The van der Waals surface area contributed by atoms with Crippen molar-refractivity contribution < 1.29 is 19.2 Å². The molecule has 0 aliphatic heterocycles. The molecule has 0 spiro atoms. The first-order valence-electron chi connectivity index (χ1n) is 10.9. The fraction of sp³-hybridized carbons (Fsp3) is 0.360. The van der Waals surface area contributed by atoms with Crippen LogP contribution in [0.3, 0.4) is 0 Å². The number of benzene rings is 2. The van der Waals surface area contributed by atoms with Gasteiger partial charge >= 0.3 is 0 Å². The largest absolute Gasteiger partial charge is 0.388 e. The Morgan fingerprint density at radius 2 is 1.42 bits per heavy atom. The van der Waals surface area contributed by atoms with Crippen LogP contribution >= 0.6 is 0 Å². The summed E-state index contributed by atoms with van der Waals surface area (Å²) in [6.45, 7) is 3.61. The minimum Gasteiger partial charge on any atom is -0.388 e. The Morgan fingerprint density at radius 3 is 1.91 bits per heavy atom. The summed E-state index contributed by atoms with van der Waals surface area (Å²) in [5, 5.41) is 10.8. The zero-order chi connectivity index (χ0) is 24.5. The molecule has 2 rings (SSSR count). The molecular weight excluding hydrogens is 420 g/mol. The summed E-state index contributed by atoms with van der Waals surface area (Å²) in [4.78, 5) is 45.9. The molecule has 1 atom stereocenters. The first kappa shape index (κ1) is 27.4. The van der Waals surface area contributed by atoms with Gasteiger partial charge < -0.3 is 26.1 Å². The fourth-order valence-electron chi connectivity index (χ4n) is 2.93. The number of carbonyl (C=O) groups excluding carboxylic acids is 4. The van der Waals surface area contributed by atoms with Crippen molar-refractivity contribution in [2.45, 2.75) is 26.7 Å². The standard InChI is InChI=1S/C18H25N3O4.C7H9N/c1-13(2)15(18(25)19-10-11-22)8-9-16(23)20-12-17(24)21-14-6-4-3-5-7-14;1-8-7-5-3-2-4-6-7/h3-7,11,13,15H,8-10,12H2,1-2H3,(H,19,25)(H,20,23)(H,21,24);2-6,8H,1H3. The molecule has 0 aliphatic rings. The van der Waals surface area contributed by atoms with Crippen LogP contribution in [-0.4, -0.2) is 44.1 Å². The number of nitrogens with one attached hydrogen (secondary N) is 4. The van der Waals surface area contributed by atoms with Crippen LogP contribution in [0, 0.1) is 11.8 Å². The monoisotopic (exact) mass is 454 g/mol. The minimum atomic E-state index is -0.358. The van der Waals surface area contributed by atoms with Crippen LogP contribution in [0.5, 0.6) is 0 Å². The van der Waals surface area contributed by atoms with Gasteiger partial charge in [-0.3, -0.25) is 14.4 Å². The van der Waals surface area contributed by atoms with E-state index in [4.69, 9.17) is 0 Å². The van der Waals surface area contributed by atoms with E-state index in [0.717, 1.165) is 5.69 Å². The predicted octanol–water partition coefficient (Wildman–Crippen LogP) is 2.84. The smallest absolute Gasteiger partial charge is 0.243 e. The van der Waals surface area contributed by atoms with Gasteiger partial charge in [-0.2, -0.15) is 0 Å². The first-order chi connectivity index (χ1) is 15.9. The highest BCUT2D eigenvalue weighted by molar-refractivity contribution is 5.94. The fourth-order valence-corrected chi connectivity index (χ4v) is 2.93. The number of rotatable bonds is 11. The maximum Gasteiger partial charge on any atom is 0.243 e. The molecule has 3 amide bonds. The second-order valence-corrected chi connectivity index (χ2v) is 7.61. The van der Waals surface area contributed by atoms with E-state index < -0.39 is 0 Å². The highest BCUT2D eigenvalue weighted by Gasteiger charge is 2.22. The van der Waals surface area contributed by atoms with E-state index in [2.05, 4.69) is 21.3 Å². The third kappa shape index (κ3) is 12.1. The van der Waals surface area contributed by atoms with Crippen LogP contribution in [-0.2, 0) is 19.2 Å². The van der Waals surface area contributed by atoms with Crippen molar-refractivity contribution in [1.29, 1.82) is 0 Å². The highest BCUT2D eigenvalue weighted by atomic mass is 16.2. The van der Waals surface area contributed by atoms with Gasteiger partial charge in [0.25, 0.3) is 0 Å². The van der Waals surface area contributed by atoms with Gasteiger partial charge in [0, 0.05) is 30.8 Å². The Kier molecular flexibility index (Phi) is 13.3.